The molecule has 116 valence electrons. The zero-order valence-corrected chi connectivity index (χ0v) is 13.3. The van der Waals surface area contributed by atoms with Gasteiger partial charge in [0.2, 0.25) is 0 Å². The minimum Gasteiger partial charge on any atom is -0.370 e. The monoisotopic (exact) mass is 316 g/mol. The quantitative estimate of drug-likeness (QED) is 0.828. The van der Waals surface area contributed by atoms with Crippen molar-refractivity contribution in [2.45, 2.75) is 19.3 Å². The number of aromatic nitrogens is 2. The van der Waals surface area contributed by atoms with Crippen LogP contribution in [0.3, 0.4) is 0 Å². The molecule has 1 aromatic carbocycles. The smallest absolute Gasteiger partial charge is 0.163 e. The van der Waals surface area contributed by atoms with Crippen LogP contribution in [0.25, 0.3) is 11.4 Å². The van der Waals surface area contributed by atoms with Crippen LogP contribution >= 0.6 is 11.6 Å². The average Bonchev–Trinajstić information content (AvgIpc) is 2.56. The largest absolute Gasteiger partial charge is 0.370 e. The molecular formula is C17H21ClN4. The molecule has 1 saturated heterocycles. The molecule has 0 amide bonds. The molecule has 22 heavy (non-hydrogen) atoms. The lowest BCUT2D eigenvalue weighted by Crippen LogP contribution is -2.28. The molecule has 0 radical (unpaired) electrons. The molecule has 4 nitrogen and oxygen atoms in total. The van der Waals surface area contributed by atoms with Gasteiger partial charge < -0.3 is 10.6 Å². The van der Waals surface area contributed by atoms with Gasteiger partial charge in [-0.2, -0.15) is 0 Å². The van der Waals surface area contributed by atoms with Crippen molar-refractivity contribution in [1.82, 2.24) is 15.3 Å². The van der Waals surface area contributed by atoms with Crippen LogP contribution in [0.4, 0.5) is 5.82 Å². The fourth-order valence-corrected chi connectivity index (χ4v) is 2.98. The summed E-state index contributed by atoms with van der Waals surface area (Å²) in [5, 5.41) is 7.26. The molecule has 3 rings (SSSR count). The molecular weight excluding hydrogens is 296 g/mol. The third-order valence-electron chi connectivity index (χ3n) is 4.04. The lowest BCUT2D eigenvalue weighted by molar-refractivity contribution is 0.361. The maximum Gasteiger partial charge on any atom is 0.163 e. The summed E-state index contributed by atoms with van der Waals surface area (Å²) in [4.78, 5) is 8.88. The zero-order chi connectivity index (χ0) is 15.2. The summed E-state index contributed by atoms with van der Waals surface area (Å²) in [6.45, 7) is 3.20. The SMILES string of the molecule is Clc1cc(NCCC2CCNCC2)nc(-c2ccccc2)n1. The third-order valence-corrected chi connectivity index (χ3v) is 4.24. The van der Waals surface area contributed by atoms with Gasteiger partial charge in [0.05, 0.1) is 0 Å². The van der Waals surface area contributed by atoms with Gasteiger partial charge in [-0.3, -0.25) is 0 Å². The Balaban J connectivity index is 1.62. The van der Waals surface area contributed by atoms with Gasteiger partial charge in [0.15, 0.2) is 5.82 Å². The second-order valence-electron chi connectivity index (χ2n) is 5.67. The minimum absolute atomic E-state index is 0.471. The molecule has 2 heterocycles. The molecule has 1 aliphatic rings. The van der Waals surface area contributed by atoms with Crippen molar-refractivity contribution in [2.24, 2.45) is 5.92 Å². The summed E-state index contributed by atoms with van der Waals surface area (Å²) in [6, 6.07) is 11.7. The molecule has 0 bridgehead atoms. The average molecular weight is 317 g/mol. The van der Waals surface area contributed by atoms with Crippen LogP contribution in [0.5, 0.6) is 0 Å². The number of hydrogen-bond acceptors (Lipinski definition) is 4. The number of nitrogens with zero attached hydrogens (tertiary/aromatic N) is 2. The number of nitrogens with one attached hydrogen (secondary N) is 2. The number of benzene rings is 1. The molecule has 0 atom stereocenters. The molecule has 2 aromatic rings. The van der Waals surface area contributed by atoms with E-state index in [-0.39, 0.29) is 0 Å². The summed E-state index contributed by atoms with van der Waals surface area (Å²) in [5.74, 6) is 2.27. The first-order chi connectivity index (χ1) is 10.8. The highest BCUT2D eigenvalue weighted by atomic mass is 35.5. The first-order valence-electron chi connectivity index (χ1n) is 7.86. The Morgan fingerprint density at radius 1 is 1.14 bits per heavy atom. The number of halogens is 1. The maximum atomic E-state index is 6.13. The zero-order valence-electron chi connectivity index (χ0n) is 12.6. The predicted octanol–water partition coefficient (Wildman–Crippen LogP) is 3.60. The fourth-order valence-electron chi connectivity index (χ4n) is 2.80. The standard InChI is InChI=1S/C17H21ClN4/c18-15-12-16(20-11-8-13-6-9-19-10-7-13)22-17(21-15)14-4-2-1-3-5-14/h1-5,12-13,19H,6-11H2,(H,20,21,22). The van der Waals surface area contributed by atoms with Crippen LogP contribution in [0, 0.1) is 5.92 Å². The number of piperidine rings is 1. The van der Waals surface area contributed by atoms with E-state index in [2.05, 4.69) is 20.6 Å². The van der Waals surface area contributed by atoms with E-state index in [9.17, 15) is 0 Å². The normalized spacial score (nSPS) is 15.7. The van der Waals surface area contributed by atoms with Crippen LogP contribution in [-0.2, 0) is 0 Å². The van der Waals surface area contributed by atoms with Gasteiger partial charge >= 0.3 is 0 Å². The lowest BCUT2D eigenvalue weighted by atomic mass is 9.95. The number of anilines is 1. The van der Waals surface area contributed by atoms with Crippen LogP contribution in [0.1, 0.15) is 19.3 Å². The topological polar surface area (TPSA) is 49.8 Å². The molecule has 0 spiro atoms. The predicted molar refractivity (Wildman–Crippen MR) is 91.2 cm³/mol. The molecule has 1 fully saturated rings. The van der Waals surface area contributed by atoms with E-state index in [1.54, 1.807) is 6.07 Å². The highest BCUT2D eigenvalue weighted by molar-refractivity contribution is 6.29. The molecule has 0 saturated carbocycles. The Morgan fingerprint density at radius 2 is 1.91 bits per heavy atom. The fraction of sp³-hybridized carbons (Fsp3) is 0.412. The van der Waals surface area contributed by atoms with Gasteiger partial charge in [-0.15, -0.1) is 0 Å². The summed E-state index contributed by atoms with van der Waals surface area (Å²) < 4.78 is 0. The van der Waals surface area contributed by atoms with E-state index >= 15 is 0 Å². The number of hydrogen-bond donors (Lipinski definition) is 2. The van der Waals surface area contributed by atoms with Crippen LogP contribution in [0.15, 0.2) is 36.4 Å². The highest BCUT2D eigenvalue weighted by Gasteiger charge is 2.12. The Kier molecular flexibility index (Phi) is 5.24. The maximum absolute atomic E-state index is 6.13. The Labute approximate surface area is 136 Å². The van der Waals surface area contributed by atoms with E-state index in [4.69, 9.17) is 11.6 Å². The van der Waals surface area contributed by atoms with Crippen molar-refractivity contribution in [3.8, 4) is 11.4 Å². The van der Waals surface area contributed by atoms with Crippen LogP contribution in [-0.4, -0.2) is 29.6 Å². The second kappa shape index (κ2) is 7.56. The van der Waals surface area contributed by atoms with Gasteiger partial charge in [0, 0.05) is 18.2 Å². The van der Waals surface area contributed by atoms with Crippen molar-refractivity contribution in [3.63, 3.8) is 0 Å². The highest BCUT2D eigenvalue weighted by Crippen LogP contribution is 2.21. The van der Waals surface area contributed by atoms with Gasteiger partial charge in [0.25, 0.3) is 0 Å². The lowest BCUT2D eigenvalue weighted by Gasteiger charge is -2.22. The first kappa shape index (κ1) is 15.3. The Morgan fingerprint density at radius 3 is 2.68 bits per heavy atom. The first-order valence-corrected chi connectivity index (χ1v) is 8.23. The number of rotatable bonds is 5. The van der Waals surface area contributed by atoms with Gasteiger partial charge in [-0.05, 0) is 38.3 Å². The van der Waals surface area contributed by atoms with E-state index < -0.39 is 0 Å². The molecule has 1 aromatic heterocycles. The summed E-state index contributed by atoms with van der Waals surface area (Å²) in [6.07, 6.45) is 3.70. The van der Waals surface area contributed by atoms with Gasteiger partial charge in [-0.25, -0.2) is 9.97 Å². The third kappa shape index (κ3) is 4.18. The van der Waals surface area contributed by atoms with Crippen molar-refractivity contribution < 1.29 is 0 Å². The van der Waals surface area contributed by atoms with Gasteiger partial charge in [-0.1, -0.05) is 41.9 Å². The van der Waals surface area contributed by atoms with Crippen molar-refractivity contribution in [1.29, 1.82) is 0 Å². The van der Waals surface area contributed by atoms with E-state index in [0.29, 0.717) is 11.0 Å². The molecule has 5 heteroatoms. The van der Waals surface area contributed by atoms with Gasteiger partial charge in [0.1, 0.15) is 11.0 Å². The van der Waals surface area contributed by atoms with Crippen molar-refractivity contribution in [2.75, 3.05) is 25.0 Å². The van der Waals surface area contributed by atoms with E-state index in [1.807, 2.05) is 30.3 Å². The van der Waals surface area contributed by atoms with Crippen LogP contribution < -0.4 is 10.6 Å². The Hall–Kier alpha value is -1.65. The molecule has 0 aliphatic carbocycles. The second-order valence-corrected chi connectivity index (χ2v) is 6.06. The summed E-state index contributed by atoms with van der Waals surface area (Å²) >= 11 is 6.13. The van der Waals surface area contributed by atoms with E-state index in [1.165, 1.54) is 19.3 Å². The van der Waals surface area contributed by atoms with Crippen LogP contribution in [0.2, 0.25) is 5.15 Å². The summed E-state index contributed by atoms with van der Waals surface area (Å²) in [7, 11) is 0. The molecule has 0 unspecified atom stereocenters. The van der Waals surface area contributed by atoms with E-state index in [0.717, 1.165) is 36.9 Å². The molecule has 2 N–H and O–H groups in total. The molecule has 1 aliphatic heterocycles. The summed E-state index contributed by atoms with van der Waals surface area (Å²) in [5.41, 5.74) is 0.978. The Bertz CT molecular complexity index is 597. The van der Waals surface area contributed by atoms with Crippen molar-refractivity contribution >= 4 is 17.4 Å². The van der Waals surface area contributed by atoms with Crippen molar-refractivity contribution in [3.05, 3.63) is 41.6 Å². The minimum atomic E-state index is 0.471.